The molecule has 196 valence electrons. The molecular weight excluding hydrogens is 514 g/mol. The highest BCUT2D eigenvalue weighted by Gasteiger charge is 2.34. The zero-order valence-electron chi connectivity index (χ0n) is 21.4. The smallest absolute Gasteiger partial charge is 0.331 e. The number of nitrogens with zero attached hydrogens (tertiary/aromatic N) is 3. The molecule has 1 saturated carbocycles. The van der Waals surface area contributed by atoms with E-state index in [-0.39, 0.29) is 23.9 Å². The molecule has 0 spiro atoms. The molecule has 0 unspecified atom stereocenters. The third-order valence-corrected chi connectivity index (χ3v) is 7.87. The van der Waals surface area contributed by atoms with Crippen LogP contribution in [0.2, 0.25) is 0 Å². The molecule has 1 fully saturated rings. The van der Waals surface area contributed by atoms with Crippen LogP contribution in [0, 0.1) is 6.92 Å². The van der Waals surface area contributed by atoms with Crippen LogP contribution in [-0.2, 0) is 4.79 Å². The number of hydrogen-bond donors (Lipinski definition) is 2. The van der Waals surface area contributed by atoms with Gasteiger partial charge in [-0.15, -0.1) is 11.3 Å². The lowest BCUT2D eigenvalue weighted by atomic mass is 10.1. The van der Waals surface area contributed by atoms with E-state index in [0.29, 0.717) is 56.5 Å². The van der Waals surface area contributed by atoms with Crippen LogP contribution in [0.3, 0.4) is 0 Å². The number of benzene rings is 2. The van der Waals surface area contributed by atoms with E-state index in [1.54, 1.807) is 17.2 Å². The van der Waals surface area contributed by atoms with Gasteiger partial charge in [0, 0.05) is 18.8 Å². The number of hydrogen-bond acceptors (Lipinski definition) is 6. The molecule has 0 saturated heterocycles. The third kappa shape index (κ3) is 4.63. The van der Waals surface area contributed by atoms with Crippen LogP contribution < -0.4 is 20.3 Å². The summed E-state index contributed by atoms with van der Waals surface area (Å²) in [7, 11) is 0. The van der Waals surface area contributed by atoms with Crippen molar-refractivity contribution in [1.82, 2.24) is 10.3 Å². The van der Waals surface area contributed by atoms with E-state index in [9.17, 15) is 14.4 Å². The molecule has 6 rings (SSSR count). The van der Waals surface area contributed by atoms with Crippen molar-refractivity contribution >= 4 is 62.2 Å². The normalized spacial score (nSPS) is 17.4. The molecule has 1 atom stereocenters. The number of aliphatic imine (C=N–C) groups is 1. The highest BCUT2D eigenvalue weighted by Crippen LogP contribution is 2.46. The molecule has 2 aliphatic rings. The molecule has 2 aromatic carbocycles. The van der Waals surface area contributed by atoms with Crippen molar-refractivity contribution in [3.8, 4) is 11.5 Å². The molecule has 4 amide bonds. The first kappa shape index (κ1) is 24.7. The van der Waals surface area contributed by atoms with Gasteiger partial charge in [-0.3, -0.25) is 14.5 Å². The van der Waals surface area contributed by atoms with E-state index in [4.69, 9.17) is 4.74 Å². The number of thiophene rings is 1. The summed E-state index contributed by atoms with van der Waals surface area (Å²) in [6.07, 6.45) is 3.88. The van der Waals surface area contributed by atoms with Gasteiger partial charge in [0.05, 0.1) is 28.5 Å². The third-order valence-electron chi connectivity index (χ3n) is 6.77. The average Bonchev–Trinajstić information content (AvgIpc) is 3.50. The van der Waals surface area contributed by atoms with Crippen LogP contribution in [0.4, 0.5) is 21.9 Å². The van der Waals surface area contributed by atoms with Crippen molar-refractivity contribution in [2.75, 3.05) is 10.2 Å². The van der Waals surface area contributed by atoms with Crippen LogP contribution >= 0.6 is 11.3 Å². The number of aromatic nitrogens is 1. The predicted molar refractivity (Wildman–Crippen MR) is 152 cm³/mol. The molecule has 2 aromatic heterocycles. The maximum Gasteiger partial charge on any atom is 0.331 e. The predicted octanol–water partition coefficient (Wildman–Crippen LogP) is 6.35. The van der Waals surface area contributed by atoms with Crippen LogP contribution in [0.1, 0.15) is 41.4 Å². The number of anilines is 3. The van der Waals surface area contributed by atoms with E-state index in [2.05, 4.69) is 20.6 Å². The second kappa shape index (κ2) is 9.95. The Morgan fingerprint density at radius 3 is 2.72 bits per heavy atom. The first-order valence-electron chi connectivity index (χ1n) is 12.6. The van der Waals surface area contributed by atoms with Crippen molar-refractivity contribution in [3.63, 3.8) is 0 Å². The average molecular weight is 540 g/mol. The Balaban J connectivity index is 1.33. The largest absolute Gasteiger partial charge is 0.457 e. The monoisotopic (exact) mass is 539 g/mol. The SMILES string of the molecule is CC(=O)N=C1CCC[C@H]1NC(=O)c1sc2nccc3c2c1NC(=O)N3c1ccc(Oc2ccccc2)cc1C. The second-order valence-electron chi connectivity index (χ2n) is 9.49. The number of carbonyl (C=O) groups is 3. The molecule has 0 radical (unpaired) electrons. The Bertz CT molecular complexity index is 1660. The van der Waals surface area contributed by atoms with Crippen LogP contribution in [-0.4, -0.2) is 34.6 Å². The molecule has 4 aromatic rings. The quantitative estimate of drug-likeness (QED) is 0.307. The molecule has 10 heteroatoms. The number of pyridine rings is 1. The standard InChI is InChI=1S/C29H25N5O4S/c1-16-15-19(38-18-7-4-3-5-8-18)11-12-22(16)34-23-13-14-30-28-24(23)25(33-29(34)37)26(39-28)27(36)32-21-10-6-9-20(21)31-17(2)35/h3-5,7-8,11-15,21H,6,9-10H2,1-2H3,(H,32,36)(H,33,37)/t21-/m1/s1. The lowest BCUT2D eigenvalue weighted by molar-refractivity contribution is -0.115. The molecule has 1 aliphatic carbocycles. The highest BCUT2D eigenvalue weighted by atomic mass is 32.1. The van der Waals surface area contributed by atoms with E-state index < -0.39 is 0 Å². The zero-order chi connectivity index (χ0) is 27.1. The number of ether oxygens (including phenoxy) is 1. The van der Waals surface area contributed by atoms with Crippen molar-refractivity contribution in [1.29, 1.82) is 0 Å². The zero-order valence-corrected chi connectivity index (χ0v) is 22.2. The Morgan fingerprint density at radius 1 is 1.13 bits per heavy atom. The van der Waals surface area contributed by atoms with E-state index in [0.717, 1.165) is 17.7 Å². The van der Waals surface area contributed by atoms with Gasteiger partial charge in [-0.1, -0.05) is 18.2 Å². The summed E-state index contributed by atoms with van der Waals surface area (Å²) < 4.78 is 5.96. The van der Waals surface area contributed by atoms with E-state index in [1.807, 2.05) is 55.5 Å². The number of rotatable bonds is 5. The lowest BCUT2D eigenvalue weighted by Gasteiger charge is -2.29. The fourth-order valence-corrected chi connectivity index (χ4v) is 6.12. The molecular formula is C29H25N5O4S. The fourth-order valence-electron chi connectivity index (χ4n) is 5.09. The van der Waals surface area contributed by atoms with Crippen LogP contribution in [0.15, 0.2) is 65.8 Å². The molecule has 3 heterocycles. The summed E-state index contributed by atoms with van der Waals surface area (Å²) >= 11 is 1.23. The van der Waals surface area contributed by atoms with Gasteiger partial charge in [-0.2, -0.15) is 0 Å². The molecule has 39 heavy (non-hydrogen) atoms. The van der Waals surface area contributed by atoms with Crippen molar-refractivity contribution in [3.05, 3.63) is 71.2 Å². The van der Waals surface area contributed by atoms with Crippen LogP contribution in [0.25, 0.3) is 10.2 Å². The van der Waals surface area contributed by atoms with E-state index >= 15 is 0 Å². The Labute approximate surface area is 228 Å². The van der Waals surface area contributed by atoms with Gasteiger partial charge in [-0.25, -0.2) is 14.8 Å². The van der Waals surface area contributed by atoms with Gasteiger partial charge in [-0.05, 0) is 68.1 Å². The Morgan fingerprint density at radius 2 is 1.95 bits per heavy atom. The number of nitrogens with one attached hydrogen (secondary N) is 2. The van der Waals surface area contributed by atoms with Crippen molar-refractivity contribution < 1.29 is 19.1 Å². The topological polar surface area (TPSA) is 113 Å². The van der Waals surface area contributed by atoms with Gasteiger partial charge in [0.1, 0.15) is 21.2 Å². The van der Waals surface area contributed by atoms with Crippen LogP contribution in [0.5, 0.6) is 11.5 Å². The highest BCUT2D eigenvalue weighted by molar-refractivity contribution is 7.21. The minimum absolute atomic E-state index is 0.278. The summed E-state index contributed by atoms with van der Waals surface area (Å²) in [5.41, 5.74) is 3.32. The Hall–Kier alpha value is -4.57. The molecule has 9 nitrogen and oxygen atoms in total. The van der Waals surface area contributed by atoms with Gasteiger partial charge < -0.3 is 15.4 Å². The number of amides is 4. The second-order valence-corrected chi connectivity index (χ2v) is 10.5. The summed E-state index contributed by atoms with van der Waals surface area (Å²) in [5, 5.41) is 6.65. The van der Waals surface area contributed by atoms with Gasteiger partial charge >= 0.3 is 6.03 Å². The summed E-state index contributed by atoms with van der Waals surface area (Å²) in [5.74, 6) is 0.783. The maximum atomic E-state index is 13.5. The lowest BCUT2D eigenvalue weighted by Crippen LogP contribution is -2.39. The Kier molecular flexibility index (Phi) is 6.32. The van der Waals surface area contributed by atoms with E-state index in [1.165, 1.54) is 18.3 Å². The molecule has 0 bridgehead atoms. The van der Waals surface area contributed by atoms with Crippen molar-refractivity contribution in [2.24, 2.45) is 4.99 Å². The van der Waals surface area contributed by atoms with Crippen molar-refractivity contribution in [2.45, 2.75) is 39.2 Å². The van der Waals surface area contributed by atoms with Gasteiger partial charge in [0.15, 0.2) is 0 Å². The summed E-state index contributed by atoms with van der Waals surface area (Å²) in [6, 6.07) is 16.2. The maximum absolute atomic E-state index is 13.5. The first-order valence-corrected chi connectivity index (χ1v) is 13.5. The number of carbonyl (C=O) groups excluding carboxylic acids is 3. The molecule has 1 aliphatic heterocycles. The van der Waals surface area contributed by atoms with Gasteiger partial charge in [0.2, 0.25) is 5.91 Å². The number of urea groups is 1. The number of aryl methyl sites for hydroxylation is 1. The summed E-state index contributed by atoms with van der Waals surface area (Å²) in [6.45, 7) is 3.32. The fraction of sp³-hybridized carbons (Fsp3) is 0.207. The minimum Gasteiger partial charge on any atom is -0.457 e. The van der Waals surface area contributed by atoms with Gasteiger partial charge in [0.25, 0.3) is 5.91 Å². The number of para-hydroxylation sites is 1. The first-order chi connectivity index (χ1) is 18.9. The summed E-state index contributed by atoms with van der Waals surface area (Å²) in [4.78, 5) is 49.5. The minimum atomic E-state index is -0.373. The molecule has 2 N–H and O–H groups in total.